The van der Waals surface area contributed by atoms with Crippen molar-refractivity contribution in [3.63, 3.8) is 0 Å². The number of hydrogen-bond donors (Lipinski definition) is 3. The van der Waals surface area contributed by atoms with E-state index in [-0.39, 0.29) is 23.7 Å². The van der Waals surface area contributed by atoms with Crippen LogP contribution in [-0.2, 0) is 0 Å². The smallest absolute Gasteiger partial charge is 0.319 e. The molecule has 0 spiro atoms. The van der Waals surface area contributed by atoms with E-state index in [1.54, 1.807) is 30.3 Å². The Morgan fingerprint density at radius 3 is 2.56 bits per heavy atom. The highest BCUT2D eigenvalue weighted by molar-refractivity contribution is 6.34. The summed E-state index contributed by atoms with van der Waals surface area (Å²) >= 11 is 6.19. The standard InChI is InChI=1S/C18H20ClN3O3/c19-14-11-13(21-18(24)20-12-5-2-1-3-6-12)8-9-15(14)22-17(23)16-7-4-10-25-16/h4,7-12H,1-3,5-6H2,(H,22,23)(H2,20,21,24). The van der Waals surface area contributed by atoms with Crippen molar-refractivity contribution in [3.05, 3.63) is 47.4 Å². The number of halogens is 1. The predicted molar refractivity (Wildman–Crippen MR) is 97.1 cm³/mol. The summed E-state index contributed by atoms with van der Waals surface area (Å²) in [5.74, 6) is -0.187. The van der Waals surface area contributed by atoms with Crippen LogP contribution in [-0.4, -0.2) is 18.0 Å². The van der Waals surface area contributed by atoms with Crippen molar-refractivity contribution in [2.24, 2.45) is 0 Å². The van der Waals surface area contributed by atoms with Gasteiger partial charge in [0.15, 0.2) is 5.76 Å². The zero-order valence-corrected chi connectivity index (χ0v) is 14.4. The first kappa shape index (κ1) is 17.4. The summed E-state index contributed by atoms with van der Waals surface area (Å²) in [6.07, 6.45) is 7.01. The molecule has 0 atom stereocenters. The SMILES string of the molecule is O=C(Nc1ccc(NC(=O)c2ccco2)c(Cl)c1)NC1CCCCC1. The van der Waals surface area contributed by atoms with Crippen LogP contribution in [0.3, 0.4) is 0 Å². The van der Waals surface area contributed by atoms with Crippen LogP contribution in [0, 0.1) is 0 Å². The molecule has 7 heteroatoms. The highest BCUT2D eigenvalue weighted by Gasteiger charge is 2.16. The molecule has 1 aliphatic carbocycles. The fraction of sp³-hybridized carbons (Fsp3) is 0.333. The minimum Gasteiger partial charge on any atom is -0.459 e. The lowest BCUT2D eigenvalue weighted by molar-refractivity contribution is 0.0996. The largest absolute Gasteiger partial charge is 0.459 e. The third-order valence-electron chi connectivity index (χ3n) is 4.16. The predicted octanol–water partition coefficient (Wildman–Crippen LogP) is 4.64. The Hall–Kier alpha value is -2.47. The molecule has 0 bridgehead atoms. The lowest BCUT2D eigenvalue weighted by Gasteiger charge is -2.22. The maximum atomic E-state index is 12.1. The van der Waals surface area contributed by atoms with Crippen LogP contribution >= 0.6 is 11.6 Å². The van der Waals surface area contributed by atoms with Crippen molar-refractivity contribution >= 4 is 34.9 Å². The Kier molecular flexibility index (Phi) is 5.60. The summed E-state index contributed by atoms with van der Waals surface area (Å²) in [5.41, 5.74) is 1.01. The number of furan rings is 1. The van der Waals surface area contributed by atoms with Crippen LogP contribution in [0.2, 0.25) is 5.02 Å². The molecule has 0 unspecified atom stereocenters. The minimum absolute atomic E-state index is 0.199. The molecule has 2 aromatic rings. The summed E-state index contributed by atoms with van der Waals surface area (Å²) in [4.78, 5) is 24.0. The van der Waals surface area contributed by atoms with Gasteiger partial charge in [-0.15, -0.1) is 0 Å². The molecular weight excluding hydrogens is 342 g/mol. The zero-order valence-electron chi connectivity index (χ0n) is 13.7. The second-order valence-electron chi connectivity index (χ2n) is 6.06. The van der Waals surface area contributed by atoms with Crippen LogP contribution in [0.1, 0.15) is 42.7 Å². The van der Waals surface area contributed by atoms with Gasteiger partial charge in [-0.25, -0.2) is 4.79 Å². The molecule has 1 fully saturated rings. The van der Waals surface area contributed by atoms with E-state index in [4.69, 9.17) is 16.0 Å². The molecule has 132 valence electrons. The lowest BCUT2D eigenvalue weighted by Crippen LogP contribution is -2.39. The maximum absolute atomic E-state index is 12.1. The van der Waals surface area contributed by atoms with Gasteiger partial charge >= 0.3 is 6.03 Å². The number of carbonyl (C=O) groups is 2. The van der Waals surface area contributed by atoms with E-state index in [9.17, 15) is 9.59 Å². The van der Waals surface area contributed by atoms with Crippen LogP contribution < -0.4 is 16.0 Å². The second kappa shape index (κ2) is 8.07. The van der Waals surface area contributed by atoms with E-state index in [2.05, 4.69) is 16.0 Å². The molecule has 6 nitrogen and oxygen atoms in total. The van der Waals surface area contributed by atoms with E-state index in [1.807, 2.05) is 0 Å². The Labute approximate surface area is 150 Å². The number of urea groups is 1. The van der Waals surface area contributed by atoms with Crippen molar-refractivity contribution in [1.82, 2.24) is 5.32 Å². The van der Waals surface area contributed by atoms with E-state index < -0.39 is 0 Å². The number of anilines is 2. The Morgan fingerprint density at radius 2 is 1.88 bits per heavy atom. The summed E-state index contributed by atoms with van der Waals surface area (Å²) in [5, 5.41) is 8.74. The number of nitrogens with one attached hydrogen (secondary N) is 3. The Bertz CT molecular complexity index is 740. The molecule has 1 aromatic heterocycles. The summed E-state index contributed by atoms with van der Waals surface area (Å²) in [6, 6.07) is 8.11. The molecule has 1 aliphatic rings. The normalized spacial score (nSPS) is 14.8. The van der Waals surface area contributed by atoms with Gasteiger partial charge in [0.25, 0.3) is 5.91 Å². The summed E-state index contributed by atoms with van der Waals surface area (Å²) in [6.45, 7) is 0. The van der Waals surface area contributed by atoms with Crippen molar-refractivity contribution in [1.29, 1.82) is 0 Å². The quantitative estimate of drug-likeness (QED) is 0.741. The summed E-state index contributed by atoms with van der Waals surface area (Å²) < 4.78 is 5.04. The van der Waals surface area contributed by atoms with Gasteiger partial charge in [0.05, 0.1) is 17.0 Å². The molecule has 3 N–H and O–H groups in total. The highest BCUT2D eigenvalue weighted by Crippen LogP contribution is 2.26. The molecule has 0 saturated heterocycles. The van der Waals surface area contributed by atoms with E-state index in [1.165, 1.54) is 12.7 Å². The molecule has 0 radical (unpaired) electrons. The summed E-state index contributed by atoms with van der Waals surface area (Å²) in [7, 11) is 0. The van der Waals surface area contributed by atoms with Crippen LogP contribution in [0.25, 0.3) is 0 Å². The molecule has 25 heavy (non-hydrogen) atoms. The zero-order chi connectivity index (χ0) is 17.6. The molecule has 3 rings (SSSR count). The average molecular weight is 362 g/mol. The van der Waals surface area contributed by atoms with Crippen LogP contribution in [0.4, 0.5) is 16.2 Å². The van der Waals surface area contributed by atoms with Crippen LogP contribution in [0.15, 0.2) is 41.0 Å². The minimum atomic E-state index is -0.386. The fourth-order valence-corrected chi connectivity index (χ4v) is 3.11. The molecule has 0 aliphatic heterocycles. The topological polar surface area (TPSA) is 83.4 Å². The van der Waals surface area contributed by atoms with Gasteiger partial charge < -0.3 is 20.4 Å². The highest BCUT2D eigenvalue weighted by atomic mass is 35.5. The average Bonchev–Trinajstić information content (AvgIpc) is 3.13. The van der Waals surface area contributed by atoms with Gasteiger partial charge in [0.2, 0.25) is 0 Å². The van der Waals surface area contributed by atoms with Crippen molar-refractivity contribution < 1.29 is 14.0 Å². The van der Waals surface area contributed by atoms with Gasteiger partial charge in [0.1, 0.15) is 0 Å². The maximum Gasteiger partial charge on any atom is 0.319 e. The second-order valence-corrected chi connectivity index (χ2v) is 6.47. The molecular formula is C18H20ClN3O3. The number of carbonyl (C=O) groups excluding carboxylic acids is 2. The molecule has 1 saturated carbocycles. The van der Waals surface area contributed by atoms with Crippen molar-refractivity contribution in [2.45, 2.75) is 38.1 Å². The number of benzene rings is 1. The number of rotatable bonds is 4. The van der Waals surface area contributed by atoms with Crippen molar-refractivity contribution in [2.75, 3.05) is 10.6 Å². The number of amides is 3. The third-order valence-corrected chi connectivity index (χ3v) is 4.47. The lowest BCUT2D eigenvalue weighted by atomic mass is 9.96. The Balaban J connectivity index is 1.57. The van der Waals surface area contributed by atoms with Gasteiger partial charge in [-0.3, -0.25) is 4.79 Å². The first-order chi connectivity index (χ1) is 12.1. The van der Waals surface area contributed by atoms with E-state index >= 15 is 0 Å². The fourth-order valence-electron chi connectivity index (χ4n) is 2.89. The third kappa shape index (κ3) is 4.76. The van der Waals surface area contributed by atoms with E-state index in [0.717, 1.165) is 25.7 Å². The molecule has 3 amide bonds. The number of hydrogen-bond acceptors (Lipinski definition) is 3. The van der Waals surface area contributed by atoms with Crippen LogP contribution in [0.5, 0.6) is 0 Å². The van der Waals surface area contributed by atoms with E-state index in [0.29, 0.717) is 16.4 Å². The first-order valence-electron chi connectivity index (χ1n) is 8.34. The first-order valence-corrected chi connectivity index (χ1v) is 8.71. The Morgan fingerprint density at radius 1 is 1.08 bits per heavy atom. The van der Waals surface area contributed by atoms with Gasteiger partial charge in [-0.1, -0.05) is 30.9 Å². The van der Waals surface area contributed by atoms with Crippen molar-refractivity contribution in [3.8, 4) is 0 Å². The monoisotopic (exact) mass is 361 g/mol. The molecule has 1 heterocycles. The van der Waals surface area contributed by atoms with Gasteiger partial charge in [0, 0.05) is 11.7 Å². The van der Waals surface area contributed by atoms with Gasteiger partial charge in [-0.05, 0) is 43.2 Å². The molecule has 1 aromatic carbocycles. The van der Waals surface area contributed by atoms with Gasteiger partial charge in [-0.2, -0.15) is 0 Å².